The second-order valence-corrected chi connectivity index (χ2v) is 3.15. The molecule has 0 spiro atoms. The summed E-state index contributed by atoms with van der Waals surface area (Å²) in [5, 5.41) is 0. The Labute approximate surface area is 72.1 Å². The van der Waals surface area contributed by atoms with Crippen LogP contribution in [0.5, 0.6) is 5.88 Å². The van der Waals surface area contributed by atoms with Crippen molar-refractivity contribution in [1.29, 1.82) is 0 Å². The SMILES string of the molecule is Cc1cc(CCN)c2n1CCO2. The number of nitrogens with zero attached hydrogens (tertiary/aromatic N) is 1. The monoisotopic (exact) mass is 166 g/mol. The van der Waals surface area contributed by atoms with Crippen LogP contribution in [0.1, 0.15) is 11.3 Å². The van der Waals surface area contributed by atoms with Gasteiger partial charge < -0.3 is 15.0 Å². The van der Waals surface area contributed by atoms with Gasteiger partial charge in [0.15, 0.2) is 5.88 Å². The molecule has 1 aromatic rings. The van der Waals surface area contributed by atoms with E-state index in [0.717, 1.165) is 25.5 Å². The van der Waals surface area contributed by atoms with E-state index in [2.05, 4.69) is 17.6 Å². The molecule has 0 saturated carbocycles. The topological polar surface area (TPSA) is 40.2 Å². The molecule has 1 aliphatic rings. The summed E-state index contributed by atoms with van der Waals surface area (Å²) in [4.78, 5) is 0. The van der Waals surface area contributed by atoms with Gasteiger partial charge in [0, 0.05) is 11.3 Å². The number of nitrogens with two attached hydrogens (primary N) is 1. The lowest BCUT2D eigenvalue weighted by molar-refractivity contribution is 0.353. The highest BCUT2D eigenvalue weighted by Crippen LogP contribution is 2.27. The molecule has 66 valence electrons. The number of hydrogen-bond donors (Lipinski definition) is 1. The van der Waals surface area contributed by atoms with E-state index < -0.39 is 0 Å². The van der Waals surface area contributed by atoms with Crippen LogP contribution in [0.4, 0.5) is 0 Å². The van der Waals surface area contributed by atoms with E-state index in [-0.39, 0.29) is 0 Å². The summed E-state index contributed by atoms with van der Waals surface area (Å²) in [6, 6.07) is 2.17. The number of aromatic nitrogens is 1. The molecule has 0 unspecified atom stereocenters. The lowest BCUT2D eigenvalue weighted by Crippen LogP contribution is -2.02. The summed E-state index contributed by atoms with van der Waals surface area (Å²) < 4.78 is 7.72. The first-order valence-electron chi connectivity index (χ1n) is 4.35. The Morgan fingerprint density at radius 3 is 3.25 bits per heavy atom. The van der Waals surface area contributed by atoms with Crippen molar-refractivity contribution < 1.29 is 4.74 Å². The fourth-order valence-corrected chi connectivity index (χ4v) is 1.74. The highest BCUT2D eigenvalue weighted by Gasteiger charge is 2.18. The van der Waals surface area contributed by atoms with Gasteiger partial charge >= 0.3 is 0 Å². The van der Waals surface area contributed by atoms with Crippen LogP contribution in [0.3, 0.4) is 0 Å². The molecular formula is C9H14N2O. The summed E-state index contributed by atoms with van der Waals surface area (Å²) >= 11 is 0. The molecule has 12 heavy (non-hydrogen) atoms. The minimum atomic E-state index is 0.694. The predicted octanol–water partition coefficient (Wildman–Crippen LogP) is 0.690. The smallest absolute Gasteiger partial charge is 0.197 e. The van der Waals surface area contributed by atoms with Crippen LogP contribution in [0.25, 0.3) is 0 Å². The van der Waals surface area contributed by atoms with Crippen LogP contribution in [0.15, 0.2) is 6.07 Å². The molecule has 3 nitrogen and oxygen atoms in total. The van der Waals surface area contributed by atoms with Crippen LogP contribution in [-0.2, 0) is 13.0 Å². The average molecular weight is 166 g/mol. The first-order chi connectivity index (χ1) is 5.83. The van der Waals surface area contributed by atoms with Crippen LogP contribution in [0, 0.1) is 6.92 Å². The molecule has 1 aromatic heterocycles. The predicted molar refractivity (Wildman–Crippen MR) is 47.4 cm³/mol. The van der Waals surface area contributed by atoms with Crippen LogP contribution in [0.2, 0.25) is 0 Å². The van der Waals surface area contributed by atoms with Gasteiger partial charge in [-0.05, 0) is 26.0 Å². The van der Waals surface area contributed by atoms with E-state index in [0.29, 0.717) is 6.54 Å². The maximum Gasteiger partial charge on any atom is 0.197 e. The lowest BCUT2D eigenvalue weighted by Gasteiger charge is -1.98. The molecule has 0 radical (unpaired) electrons. The Morgan fingerprint density at radius 1 is 1.67 bits per heavy atom. The summed E-state index contributed by atoms with van der Waals surface area (Å²) in [5.74, 6) is 1.04. The van der Waals surface area contributed by atoms with E-state index in [4.69, 9.17) is 10.5 Å². The van der Waals surface area contributed by atoms with Crippen molar-refractivity contribution in [2.24, 2.45) is 5.73 Å². The molecule has 0 saturated heterocycles. The average Bonchev–Trinajstić information content (AvgIpc) is 2.58. The molecule has 0 bridgehead atoms. The van der Waals surface area contributed by atoms with Crippen LogP contribution >= 0.6 is 0 Å². The molecule has 2 rings (SSSR count). The third kappa shape index (κ3) is 1.01. The minimum Gasteiger partial charge on any atom is -0.477 e. The Hall–Kier alpha value is -0.960. The van der Waals surface area contributed by atoms with E-state index in [1.54, 1.807) is 0 Å². The van der Waals surface area contributed by atoms with Crippen molar-refractivity contribution in [2.45, 2.75) is 19.9 Å². The second kappa shape index (κ2) is 2.83. The molecule has 3 heteroatoms. The minimum absolute atomic E-state index is 0.694. The fourth-order valence-electron chi connectivity index (χ4n) is 1.74. The first kappa shape index (κ1) is 7.68. The number of fused-ring (bicyclic) bond motifs is 1. The van der Waals surface area contributed by atoms with Crippen molar-refractivity contribution in [3.8, 4) is 5.88 Å². The Balaban J connectivity index is 2.37. The largest absolute Gasteiger partial charge is 0.477 e. The van der Waals surface area contributed by atoms with Crippen molar-refractivity contribution >= 4 is 0 Å². The van der Waals surface area contributed by atoms with Gasteiger partial charge in [0.25, 0.3) is 0 Å². The van der Waals surface area contributed by atoms with Gasteiger partial charge in [-0.3, -0.25) is 0 Å². The van der Waals surface area contributed by atoms with E-state index in [9.17, 15) is 0 Å². The van der Waals surface area contributed by atoms with Crippen molar-refractivity contribution in [1.82, 2.24) is 4.57 Å². The van der Waals surface area contributed by atoms with Gasteiger partial charge in [0.05, 0.1) is 6.54 Å². The summed E-state index contributed by atoms with van der Waals surface area (Å²) in [7, 11) is 0. The normalized spacial score (nSPS) is 14.5. The molecule has 0 fully saturated rings. The van der Waals surface area contributed by atoms with Gasteiger partial charge in [0.1, 0.15) is 6.61 Å². The number of aryl methyl sites for hydroxylation is 1. The zero-order valence-corrected chi connectivity index (χ0v) is 7.34. The van der Waals surface area contributed by atoms with Crippen LogP contribution < -0.4 is 10.5 Å². The molecule has 2 N–H and O–H groups in total. The lowest BCUT2D eigenvalue weighted by atomic mass is 10.2. The summed E-state index contributed by atoms with van der Waals surface area (Å²) in [5.41, 5.74) is 8.04. The molecule has 0 amide bonds. The molecule has 0 aliphatic carbocycles. The quantitative estimate of drug-likeness (QED) is 0.702. The first-order valence-corrected chi connectivity index (χ1v) is 4.35. The zero-order chi connectivity index (χ0) is 8.55. The van der Waals surface area contributed by atoms with Crippen LogP contribution in [-0.4, -0.2) is 17.7 Å². The van der Waals surface area contributed by atoms with Crippen molar-refractivity contribution in [2.75, 3.05) is 13.2 Å². The molecular weight excluding hydrogens is 152 g/mol. The number of ether oxygens (including phenoxy) is 1. The Morgan fingerprint density at radius 2 is 2.50 bits per heavy atom. The third-order valence-corrected chi connectivity index (χ3v) is 2.30. The Kier molecular flexibility index (Phi) is 1.81. The fraction of sp³-hybridized carbons (Fsp3) is 0.556. The third-order valence-electron chi connectivity index (χ3n) is 2.30. The summed E-state index contributed by atoms with van der Waals surface area (Å²) in [6.45, 7) is 4.61. The van der Waals surface area contributed by atoms with Gasteiger partial charge in [0.2, 0.25) is 0 Å². The van der Waals surface area contributed by atoms with E-state index in [1.807, 2.05) is 0 Å². The number of rotatable bonds is 2. The highest BCUT2D eigenvalue weighted by molar-refractivity contribution is 5.34. The maximum atomic E-state index is 5.51. The van der Waals surface area contributed by atoms with Crippen molar-refractivity contribution in [3.63, 3.8) is 0 Å². The van der Waals surface area contributed by atoms with E-state index >= 15 is 0 Å². The molecule has 0 aromatic carbocycles. The maximum absolute atomic E-state index is 5.51. The molecule has 1 aliphatic heterocycles. The van der Waals surface area contributed by atoms with Gasteiger partial charge in [-0.2, -0.15) is 0 Å². The second-order valence-electron chi connectivity index (χ2n) is 3.15. The molecule has 2 heterocycles. The van der Waals surface area contributed by atoms with Gasteiger partial charge in [-0.15, -0.1) is 0 Å². The number of hydrogen-bond acceptors (Lipinski definition) is 2. The Bertz CT molecular complexity index is 291. The van der Waals surface area contributed by atoms with Gasteiger partial charge in [-0.1, -0.05) is 0 Å². The zero-order valence-electron chi connectivity index (χ0n) is 7.34. The standard InChI is InChI=1S/C9H14N2O/c1-7-6-8(2-3-10)9-11(7)4-5-12-9/h6H,2-5,10H2,1H3. The van der Waals surface area contributed by atoms with Crippen molar-refractivity contribution in [3.05, 3.63) is 17.3 Å². The molecule has 0 atom stereocenters. The van der Waals surface area contributed by atoms with E-state index in [1.165, 1.54) is 11.3 Å². The highest BCUT2D eigenvalue weighted by atomic mass is 16.5. The van der Waals surface area contributed by atoms with Gasteiger partial charge in [-0.25, -0.2) is 0 Å². The summed E-state index contributed by atoms with van der Waals surface area (Å²) in [6.07, 6.45) is 0.920.